The Balaban J connectivity index is 2.03. The number of benzene rings is 1. The number of nitro benzene ring substituents is 1. The first-order valence-corrected chi connectivity index (χ1v) is 6.90. The van der Waals surface area contributed by atoms with Crippen molar-refractivity contribution < 1.29 is 4.92 Å². The molecule has 1 aliphatic rings. The maximum atomic E-state index is 10.9. The fraction of sp³-hybridized carbons (Fsp3) is 0.467. The number of hydrogen-bond donors (Lipinski definition) is 1. The zero-order valence-electron chi connectivity index (χ0n) is 11.1. The third-order valence-electron chi connectivity index (χ3n) is 4.28. The van der Waals surface area contributed by atoms with Gasteiger partial charge >= 0.3 is 0 Å². The highest BCUT2D eigenvalue weighted by atomic mass is 16.6. The first-order valence-electron chi connectivity index (χ1n) is 6.90. The second-order valence-electron chi connectivity index (χ2n) is 5.70. The van der Waals surface area contributed by atoms with Crippen molar-refractivity contribution >= 4 is 16.6 Å². The molecule has 1 aromatic heterocycles. The van der Waals surface area contributed by atoms with Gasteiger partial charge in [0.1, 0.15) is 0 Å². The molecule has 0 radical (unpaired) electrons. The lowest BCUT2D eigenvalue weighted by Gasteiger charge is -2.26. The van der Waals surface area contributed by atoms with Gasteiger partial charge in [-0.3, -0.25) is 10.1 Å². The van der Waals surface area contributed by atoms with Crippen molar-refractivity contribution in [3.63, 3.8) is 0 Å². The molecule has 4 nitrogen and oxygen atoms in total. The van der Waals surface area contributed by atoms with Crippen LogP contribution in [-0.2, 0) is 0 Å². The predicted molar refractivity (Wildman–Crippen MR) is 75.3 cm³/mol. The molecule has 1 aliphatic carbocycles. The average Bonchev–Trinajstić information content (AvgIpc) is 2.81. The van der Waals surface area contributed by atoms with Crippen molar-refractivity contribution in [3.8, 4) is 0 Å². The van der Waals surface area contributed by atoms with Crippen LogP contribution in [0.1, 0.15) is 44.1 Å². The topological polar surface area (TPSA) is 58.9 Å². The molecule has 0 amide bonds. The minimum absolute atomic E-state index is 0.178. The third kappa shape index (κ3) is 2.23. The van der Waals surface area contributed by atoms with Gasteiger partial charge in [-0.1, -0.05) is 19.8 Å². The van der Waals surface area contributed by atoms with Crippen LogP contribution in [0.15, 0.2) is 24.4 Å². The molecule has 19 heavy (non-hydrogen) atoms. The van der Waals surface area contributed by atoms with Crippen LogP contribution in [-0.4, -0.2) is 9.91 Å². The van der Waals surface area contributed by atoms with Gasteiger partial charge in [0.15, 0.2) is 0 Å². The SMILES string of the molecule is CC1CCCC(c2c[nH]c3ccc([N+](=O)[O-])cc23)C1. The molecule has 1 aromatic carbocycles. The molecule has 2 aromatic rings. The quantitative estimate of drug-likeness (QED) is 0.642. The highest BCUT2D eigenvalue weighted by Crippen LogP contribution is 2.39. The van der Waals surface area contributed by atoms with Crippen LogP contribution in [0.2, 0.25) is 0 Å². The number of aromatic amines is 1. The van der Waals surface area contributed by atoms with E-state index in [0.717, 1.165) is 16.8 Å². The van der Waals surface area contributed by atoms with E-state index in [1.165, 1.54) is 31.2 Å². The number of nitrogens with one attached hydrogen (secondary N) is 1. The Hall–Kier alpha value is -1.84. The molecule has 0 bridgehead atoms. The average molecular weight is 258 g/mol. The highest BCUT2D eigenvalue weighted by molar-refractivity contribution is 5.85. The molecular formula is C15H18N2O2. The minimum atomic E-state index is -0.320. The summed E-state index contributed by atoms with van der Waals surface area (Å²) in [7, 11) is 0. The van der Waals surface area contributed by atoms with E-state index >= 15 is 0 Å². The van der Waals surface area contributed by atoms with E-state index in [1.54, 1.807) is 12.1 Å². The van der Waals surface area contributed by atoms with Crippen LogP contribution < -0.4 is 0 Å². The molecule has 2 unspecified atom stereocenters. The first kappa shape index (κ1) is 12.2. The third-order valence-corrected chi connectivity index (χ3v) is 4.28. The molecule has 2 atom stereocenters. The summed E-state index contributed by atoms with van der Waals surface area (Å²) in [4.78, 5) is 13.8. The van der Waals surface area contributed by atoms with E-state index in [-0.39, 0.29) is 10.6 Å². The summed E-state index contributed by atoms with van der Waals surface area (Å²) in [5, 5.41) is 11.9. The largest absolute Gasteiger partial charge is 0.361 e. The summed E-state index contributed by atoms with van der Waals surface area (Å²) in [6.07, 6.45) is 6.99. The summed E-state index contributed by atoms with van der Waals surface area (Å²) in [5.41, 5.74) is 2.43. The number of rotatable bonds is 2. The number of nitrogens with zero attached hydrogens (tertiary/aromatic N) is 1. The first-order chi connectivity index (χ1) is 9.15. The lowest BCUT2D eigenvalue weighted by molar-refractivity contribution is -0.384. The molecule has 4 heteroatoms. The zero-order chi connectivity index (χ0) is 13.4. The maximum Gasteiger partial charge on any atom is 0.270 e. The molecule has 0 saturated heterocycles. The van der Waals surface area contributed by atoms with Crippen molar-refractivity contribution in [2.45, 2.75) is 38.5 Å². The molecule has 0 spiro atoms. The van der Waals surface area contributed by atoms with E-state index in [0.29, 0.717) is 5.92 Å². The Labute approximate surface area is 112 Å². The number of hydrogen-bond acceptors (Lipinski definition) is 2. The predicted octanol–water partition coefficient (Wildman–Crippen LogP) is 4.37. The van der Waals surface area contributed by atoms with E-state index in [1.807, 2.05) is 12.3 Å². The normalized spacial score (nSPS) is 23.6. The molecule has 1 fully saturated rings. The van der Waals surface area contributed by atoms with Gasteiger partial charge < -0.3 is 4.98 Å². The lowest BCUT2D eigenvalue weighted by atomic mass is 9.79. The second kappa shape index (κ2) is 4.68. The Morgan fingerprint density at radius 2 is 2.21 bits per heavy atom. The summed E-state index contributed by atoms with van der Waals surface area (Å²) >= 11 is 0. The number of fused-ring (bicyclic) bond motifs is 1. The molecule has 1 N–H and O–H groups in total. The van der Waals surface area contributed by atoms with Crippen molar-refractivity contribution in [1.82, 2.24) is 4.98 Å². The number of H-pyrrole nitrogens is 1. The van der Waals surface area contributed by atoms with Gasteiger partial charge in [-0.2, -0.15) is 0 Å². The Morgan fingerprint density at radius 3 is 2.95 bits per heavy atom. The Kier molecular flexibility index (Phi) is 3.01. The summed E-state index contributed by atoms with van der Waals surface area (Å²) < 4.78 is 0. The van der Waals surface area contributed by atoms with E-state index in [4.69, 9.17) is 0 Å². The van der Waals surface area contributed by atoms with Gasteiger partial charge in [-0.05, 0) is 36.3 Å². The monoisotopic (exact) mass is 258 g/mol. The van der Waals surface area contributed by atoms with Gasteiger partial charge in [0.25, 0.3) is 5.69 Å². The number of nitro groups is 1. The summed E-state index contributed by atoms with van der Waals surface area (Å²) in [6, 6.07) is 5.08. The van der Waals surface area contributed by atoms with E-state index in [2.05, 4.69) is 11.9 Å². The van der Waals surface area contributed by atoms with Gasteiger partial charge in [-0.25, -0.2) is 0 Å². The summed E-state index contributed by atoms with van der Waals surface area (Å²) in [6.45, 7) is 2.30. The van der Waals surface area contributed by atoms with Gasteiger partial charge in [-0.15, -0.1) is 0 Å². The van der Waals surface area contributed by atoms with Crippen LogP contribution in [0.3, 0.4) is 0 Å². The minimum Gasteiger partial charge on any atom is -0.361 e. The van der Waals surface area contributed by atoms with Crippen LogP contribution in [0.4, 0.5) is 5.69 Å². The van der Waals surface area contributed by atoms with Gasteiger partial charge in [0.2, 0.25) is 0 Å². The Morgan fingerprint density at radius 1 is 1.37 bits per heavy atom. The van der Waals surface area contributed by atoms with Crippen LogP contribution in [0.5, 0.6) is 0 Å². The van der Waals surface area contributed by atoms with Crippen molar-refractivity contribution in [3.05, 3.63) is 40.1 Å². The standard InChI is InChI=1S/C15H18N2O2/c1-10-3-2-4-11(7-10)14-9-16-15-6-5-12(17(18)19)8-13(14)15/h5-6,8-11,16H,2-4,7H2,1H3. The number of aromatic nitrogens is 1. The van der Waals surface area contributed by atoms with Crippen LogP contribution in [0, 0.1) is 16.0 Å². The van der Waals surface area contributed by atoms with Gasteiger partial charge in [0, 0.05) is 29.2 Å². The fourth-order valence-electron chi connectivity index (χ4n) is 3.30. The van der Waals surface area contributed by atoms with Crippen molar-refractivity contribution in [2.75, 3.05) is 0 Å². The lowest BCUT2D eigenvalue weighted by Crippen LogP contribution is -2.11. The zero-order valence-corrected chi connectivity index (χ0v) is 11.1. The van der Waals surface area contributed by atoms with E-state index < -0.39 is 0 Å². The molecular weight excluding hydrogens is 240 g/mol. The van der Waals surface area contributed by atoms with E-state index in [9.17, 15) is 10.1 Å². The highest BCUT2D eigenvalue weighted by Gasteiger charge is 2.23. The Bertz CT molecular complexity index is 618. The van der Waals surface area contributed by atoms with Crippen molar-refractivity contribution in [2.24, 2.45) is 5.92 Å². The molecule has 3 rings (SSSR count). The van der Waals surface area contributed by atoms with Crippen LogP contribution in [0.25, 0.3) is 10.9 Å². The number of non-ortho nitro benzene ring substituents is 1. The fourth-order valence-corrected chi connectivity index (χ4v) is 3.30. The van der Waals surface area contributed by atoms with Crippen LogP contribution >= 0.6 is 0 Å². The molecule has 100 valence electrons. The summed E-state index contributed by atoms with van der Waals surface area (Å²) in [5.74, 6) is 1.29. The van der Waals surface area contributed by atoms with Crippen molar-refractivity contribution in [1.29, 1.82) is 0 Å². The molecule has 1 heterocycles. The molecule has 0 aliphatic heterocycles. The second-order valence-corrected chi connectivity index (χ2v) is 5.70. The molecule has 1 saturated carbocycles. The maximum absolute atomic E-state index is 10.9. The smallest absolute Gasteiger partial charge is 0.270 e. The van der Waals surface area contributed by atoms with Gasteiger partial charge in [0.05, 0.1) is 4.92 Å².